The standard InChI is InChI=1S/C37H49N5O5S/c1-25-8-6-9-26(2)34(25)32-21-33-39-36(38-32)40-48(44,45)31-11-7-10-28(20-31)35(43)42(30(24-47-33)22-37(3,4)5)23-27-12-14-29(15-13-27)41-16-18-46-19-17-41/h6-11,20-21,27,29-30H,12-19,22-24H2,1-5H3,(H,38,39,40)/t27?,29?,30-/m1/s1. The van der Waals surface area contributed by atoms with Crippen LogP contribution in [0.1, 0.15) is 74.4 Å². The highest BCUT2D eigenvalue weighted by atomic mass is 32.2. The number of carbonyl (C=O) groups excluding carboxylic acids is 1. The molecule has 1 atom stereocenters. The third kappa shape index (κ3) is 8.01. The Bertz CT molecular complexity index is 1710. The summed E-state index contributed by atoms with van der Waals surface area (Å²) < 4.78 is 42.0. The highest BCUT2D eigenvalue weighted by Crippen LogP contribution is 2.34. The van der Waals surface area contributed by atoms with Crippen LogP contribution >= 0.6 is 0 Å². The number of nitrogens with one attached hydrogen (secondary N) is 1. The molecule has 1 aliphatic carbocycles. The smallest absolute Gasteiger partial charge is 0.264 e. The number of carbonyl (C=O) groups is 1. The van der Waals surface area contributed by atoms with E-state index in [4.69, 9.17) is 9.47 Å². The predicted octanol–water partition coefficient (Wildman–Crippen LogP) is 6.09. The molecule has 2 aliphatic heterocycles. The number of ether oxygens (including phenoxy) is 2. The number of aromatic nitrogens is 2. The average molecular weight is 676 g/mol. The van der Waals surface area contributed by atoms with Crippen molar-refractivity contribution in [1.82, 2.24) is 19.8 Å². The van der Waals surface area contributed by atoms with Crippen molar-refractivity contribution < 1.29 is 22.7 Å². The maximum absolute atomic E-state index is 14.5. The van der Waals surface area contributed by atoms with Crippen molar-refractivity contribution >= 4 is 21.9 Å². The molecule has 258 valence electrons. The third-order valence-corrected chi connectivity index (χ3v) is 11.2. The molecule has 1 saturated carbocycles. The Balaban J connectivity index is 1.37. The minimum Gasteiger partial charge on any atom is -0.475 e. The van der Waals surface area contributed by atoms with Crippen molar-refractivity contribution in [2.75, 3.05) is 44.2 Å². The van der Waals surface area contributed by atoms with Crippen LogP contribution in [0.15, 0.2) is 53.4 Å². The zero-order chi connectivity index (χ0) is 34.1. The molecule has 3 aromatic rings. The minimum absolute atomic E-state index is 0.0190. The first-order chi connectivity index (χ1) is 22.9. The van der Waals surface area contributed by atoms with Crippen LogP contribution in [0.3, 0.4) is 0 Å². The molecule has 3 heterocycles. The number of amides is 1. The van der Waals surface area contributed by atoms with E-state index in [9.17, 15) is 13.2 Å². The second kappa shape index (κ2) is 14.1. The van der Waals surface area contributed by atoms with E-state index in [-0.39, 0.29) is 40.7 Å². The molecule has 1 amide bonds. The van der Waals surface area contributed by atoms with E-state index in [1.165, 1.54) is 12.1 Å². The maximum Gasteiger partial charge on any atom is 0.264 e. The molecule has 0 unspecified atom stereocenters. The fourth-order valence-corrected chi connectivity index (χ4v) is 8.48. The van der Waals surface area contributed by atoms with Gasteiger partial charge in [0.1, 0.15) is 6.61 Å². The van der Waals surface area contributed by atoms with Crippen LogP contribution in [0.2, 0.25) is 0 Å². The Morgan fingerprint density at radius 2 is 1.62 bits per heavy atom. The Kier molecular flexibility index (Phi) is 10.1. The molecule has 1 saturated heterocycles. The first-order valence-corrected chi connectivity index (χ1v) is 18.7. The van der Waals surface area contributed by atoms with Gasteiger partial charge in [0.2, 0.25) is 11.8 Å². The van der Waals surface area contributed by atoms with Gasteiger partial charge in [-0.05, 0) is 86.6 Å². The summed E-state index contributed by atoms with van der Waals surface area (Å²) in [6.07, 6.45) is 4.94. The Morgan fingerprint density at radius 3 is 2.31 bits per heavy atom. The van der Waals surface area contributed by atoms with Gasteiger partial charge < -0.3 is 14.4 Å². The minimum atomic E-state index is -4.12. The lowest BCUT2D eigenvalue weighted by Gasteiger charge is -2.41. The van der Waals surface area contributed by atoms with Crippen molar-refractivity contribution in [1.29, 1.82) is 0 Å². The number of benzene rings is 2. The van der Waals surface area contributed by atoms with Crippen LogP contribution in [0, 0.1) is 25.2 Å². The largest absolute Gasteiger partial charge is 0.475 e. The fourth-order valence-electron chi connectivity index (χ4n) is 7.49. The number of anilines is 1. The molecule has 1 N–H and O–H groups in total. The molecule has 3 aliphatic rings. The first-order valence-electron chi connectivity index (χ1n) is 17.2. The highest BCUT2D eigenvalue weighted by Gasteiger charge is 2.35. The van der Waals surface area contributed by atoms with Gasteiger partial charge in [-0.25, -0.2) is 18.1 Å². The van der Waals surface area contributed by atoms with Crippen LogP contribution < -0.4 is 9.46 Å². The topological polar surface area (TPSA) is 114 Å². The van der Waals surface area contributed by atoms with Crippen molar-refractivity contribution in [3.8, 4) is 17.1 Å². The second-order valence-electron chi connectivity index (χ2n) is 14.8. The van der Waals surface area contributed by atoms with E-state index in [0.29, 0.717) is 36.2 Å². The fraction of sp³-hybridized carbons (Fsp3) is 0.541. The molecule has 2 aromatic carbocycles. The Hall–Kier alpha value is -3.54. The highest BCUT2D eigenvalue weighted by molar-refractivity contribution is 7.92. The van der Waals surface area contributed by atoms with E-state index in [1.807, 2.05) is 36.9 Å². The Morgan fingerprint density at radius 1 is 0.938 bits per heavy atom. The summed E-state index contributed by atoms with van der Waals surface area (Å²) in [6.45, 7) is 14.8. The van der Waals surface area contributed by atoms with Crippen LogP contribution in [0.5, 0.6) is 5.88 Å². The summed E-state index contributed by atoms with van der Waals surface area (Å²) in [6, 6.07) is 14.3. The number of nitrogens with zero attached hydrogens (tertiary/aromatic N) is 4. The average Bonchev–Trinajstić information content (AvgIpc) is 3.05. The lowest BCUT2D eigenvalue weighted by Crippen LogP contribution is -2.49. The summed E-state index contributed by atoms with van der Waals surface area (Å²) in [5.41, 5.74) is 3.69. The van der Waals surface area contributed by atoms with Crippen LogP contribution in [-0.2, 0) is 14.8 Å². The number of sulfonamides is 1. The molecular formula is C37H49N5O5S. The van der Waals surface area contributed by atoms with Crippen LogP contribution in [-0.4, -0.2) is 85.6 Å². The SMILES string of the molecule is Cc1cccc(C)c1-c1cc2nc(n1)NS(=O)(=O)c1cccc(c1)C(=O)N(CC1CCC(N3CCOCC3)CC1)[C@H](CC(C)(C)C)CO2. The molecule has 0 spiro atoms. The Labute approximate surface area is 285 Å². The van der Waals surface area contributed by atoms with Crippen LogP contribution in [0.25, 0.3) is 11.3 Å². The first kappa shape index (κ1) is 34.3. The van der Waals surface area contributed by atoms with Crippen molar-refractivity contribution in [2.45, 2.75) is 83.7 Å². The molecule has 2 fully saturated rings. The molecule has 4 bridgehead atoms. The zero-order valence-corrected chi connectivity index (χ0v) is 29.7. The number of hydrogen-bond donors (Lipinski definition) is 1. The van der Waals surface area contributed by atoms with Gasteiger partial charge in [-0.15, -0.1) is 0 Å². The molecule has 6 rings (SSSR count). The molecule has 10 nitrogen and oxygen atoms in total. The monoisotopic (exact) mass is 675 g/mol. The zero-order valence-electron chi connectivity index (χ0n) is 28.9. The van der Waals surface area contributed by atoms with E-state index in [2.05, 4.69) is 40.4 Å². The van der Waals surface area contributed by atoms with Gasteiger partial charge in [-0.1, -0.05) is 45.0 Å². The number of aryl methyl sites for hydroxylation is 2. The number of fused-ring (bicyclic) bond motifs is 4. The van der Waals surface area contributed by atoms with Crippen LogP contribution in [0.4, 0.5) is 5.95 Å². The van der Waals surface area contributed by atoms with Gasteiger partial charge in [0.15, 0.2) is 0 Å². The summed E-state index contributed by atoms with van der Waals surface area (Å²) in [5.74, 6) is 0.318. The van der Waals surface area contributed by atoms with E-state index >= 15 is 0 Å². The van der Waals surface area contributed by atoms with Gasteiger partial charge >= 0.3 is 0 Å². The normalized spacial score (nSPS) is 23.6. The second-order valence-corrected chi connectivity index (χ2v) is 16.5. The molecule has 1 aromatic heterocycles. The van der Waals surface area contributed by atoms with Crippen molar-refractivity contribution in [3.63, 3.8) is 0 Å². The number of morpholine rings is 1. The quantitative estimate of drug-likeness (QED) is 0.346. The van der Waals surface area contributed by atoms with E-state index in [0.717, 1.165) is 68.7 Å². The summed E-state index contributed by atoms with van der Waals surface area (Å²) in [5, 5.41) is 0. The van der Waals surface area contributed by atoms with E-state index in [1.54, 1.807) is 18.2 Å². The molecule has 11 heteroatoms. The van der Waals surface area contributed by atoms with Gasteiger partial charge in [0.25, 0.3) is 15.9 Å². The van der Waals surface area contributed by atoms with Gasteiger partial charge in [-0.2, -0.15) is 4.98 Å². The summed E-state index contributed by atoms with van der Waals surface area (Å²) in [4.78, 5) is 28.2. The maximum atomic E-state index is 14.5. The number of hydrogen-bond acceptors (Lipinski definition) is 8. The third-order valence-electron chi connectivity index (χ3n) is 9.86. The van der Waals surface area contributed by atoms with Crippen molar-refractivity contribution in [3.05, 3.63) is 65.2 Å². The van der Waals surface area contributed by atoms with Gasteiger partial charge in [0.05, 0.1) is 29.8 Å². The predicted molar refractivity (Wildman–Crippen MR) is 187 cm³/mol. The van der Waals surface area contributed by atoms with Crippen molar-refractivity contribution in [2.24, 2.45) is 11.3 Å². The molecular weight excluding hydrogens is 627 g/mol. The lowest BCUT2D eigenvalue weighted by atomic mass is 9.83. The summed E-state index contributed by atoms with van der Waals surface area (Å²) >= 11 is 0. The van der Waals surface area contributed by atoms with Gasteiger partial charge in [0, 0.05) is 42.9 Å². The molecule has 48 heavy (non-hydrogen) atoms. The van der Waals surface area contributed by atoms with Gasteiger partial charge in [-0.3, -0.25) is 9.69 Å². The van der Waals surface area contributed by atoms with E-state index < -0.39 is 10.0 Å². The summed E-state index contributed by atoms with van der Waals surface area (Å²) in [7, 11) is -4.12. The lowest BCUT2D eigenvalue weighted by molar-refractivity contribution is 0.00176. The molecule has 0 radical (unpaired) electrons. The number of rotatable bonds is 5.